The predicted molar refractivity (Wildman–Crippen MR) is 153 cm³/mol. The first kappa shape index (κ1) is 26.2. The molecule has 8 heteroatoms. The van der Waals surface area contributed by atoms with Crippen molar-refractivity contribution in [2.24, 2.45) is 0 Å². The molecule has 1 fully saturated rings. The summed E-state index contributed by atoms with van der Waals surface area (Å²) >= 11 is 0. The number of hydrogen-bond acceptors (Lipinski definition) is 5. The Morgan fingerprint density at radius 1 is 0.842 bits per heavy atom. The van der Waals surface area contributed by atoms with E-state index < -0.39 is 10.0 Å². The molecule has 1 N–H and O–H groups in total. The Kier molecular flexibility index (Phi) is 7.65. The molecule has 0 saturated carbocycles. The fourth-order valence-corrected chi connectivity index (χ4v) is 6.08. The third-order valence-corrected chi connectivity index (χ3v) is 8.66. The van der Waals surface area contributed by atoms with Gasteiger partial charge in [0.15, 0.2) is 0 Å². The Morgan fingerprint density at radius 3 is 2.16 bits per heavy atom. The number of rotatable bonds is 8. The minimum absolute atomic E-state index is 0.128. The van der Waals surface area contributed by atoms with E-state index >= 15 is 0 Å². The van der Waals surface area contributed by atoms with E-state index in [1.54, 1.807) is 24.3 Å². The van der Waals surface area contributed by atoms with Crippen molar-refractivity contribution in [3.8, 4) is 0 Å². The number of sulfonamides is 1. The summed E-state index contributed by atoms with van der Waals surface area (Å²) < 4.78 is 42.9. The second-order valence-electron chi connectivity index (χ2n) is 9.86. The third kappa shape index (κ3) is 5.83. The van der Waals surface area contributed by atoms with Crippen LogP contribution in [0.5, 0.6) is 0 Å². The summed E-state index contributed by atoms with van der Waals surface area (Å²) in [6, 6.07) is 27.7. The Labute approximate surface area is 224 Å². The van der Waals surface area contributed by atoms with E-state index in [2.05, 4.69) is 38.8 Å². The number of halogens is 1. The molecule has 1 aliphatic rings. The smallest absolute Gasteiger partial charge is 0.240 e. The van der Waals surface area contributed by atoms with Crippen molar-refractivity contribution < 1.29 is 12.8 Å². The molecular weight excluding hydrogens is 499 g/mol. The zero-order valence-electron chi connectivity index (χ0n) is 21.7. The minimum Gasteiger partial charge on any atom is -0.378 e. The van der Waals surface area contributed by atoms with Crippen LogP contribution in [0.3, 0.4) is 0 Å². The van der Waals surface area contributed by atoms with Gasteiger partial charge >= 0.3 is 0 Å². The Morgan fingerprint density at radius 2 is 1.50 bits per heavy atom. The fraction of sp³-hybridized carbons (Fsp3) is 0.267. The van der Waals surface area contributed by atoms with Crippen LogP contribution in [0.15, 0.2) is 95.9 Å². The lowest BCUT2D eigenvalue weighted by Crippen LogP contribution is -2.49. The van der Waals surface area contributed by atoms with Crippen LogP contribution in [-0.4, -0.2) is 60.1 Å². The van der Waals surface area contributed by atoms with E-state index in [0.29, 0.717) is 0 Å². The quantitative estimate of drug-likeness (QED) is 0.350. The number of piperazine rings is 1. The highest BCUT2D eigenvalue weighted by Gasteiger charge is 2.27. The topological polar surface area (TPSA) is 55.9 Å². The Bertz CT molecular complexity index is 1480. The van der Waals surface area contributed by atoms with Crippen LogP contribution in [0, 0.1) is 5.82 Å². The SMILES string of the molecule is CN(C)c1ccc(C(CNS(=O)(=O)c2ccc3ccccc3c2)N2CCN(c3ccc(F)cc3)CC2)cc1. The molecule has 0 amide bonds. The first-order valence-electron chi connectivity index (χ1n) is 12.8. The molecule has 38 heavy (non-hydrogen) atoms. The maximum absolute atomic E-state index is 13.4. The standard InChI is InChI=1S/C30H33FN4O2S/c1-33(2)27-12-7-24(8-13-27)30(35-19-17-34(18-20-35)28-14-10-26(31)11-15-28)22-32-38(36,37)29-16-9-23-5-3-4-6-25(23)21-29/h3-16,21,30,32H,17-20,22H2,1-2H3. The monoisotopic (exact) mass is 532 g/mol. The predicted octanol–water partition coefficient (Wildman–Crippen LogP) is 4.89. The number of benzene rings is 4. The van der Waals surface area contributed by atoms with Crippen molar-refractivity contribution in [1.82, 2.24) is 9.62 Å². The summed E-state index contributed by atoms with van der Waals surface area (Å²) in [6.07, 6.45) is 0. The first-order chi connectivity index (χ1) is 18.3. The second-order valence-corrected chi connectivity index (χ2v) is 11.6. The molecule has 0 radical (unpaired) electrons. The largest absolute Gasteiger partial charge is 0.378 e. The minimum atomic E-state index is -3.70. The summed E-state index contributed by atoms with van der Waals surface area (Å²) in [5.41, 5.74) is 3.15. The van der Waals surface area contributed by atoms with E-state index in [0.717, 1.165) is 53.9 Å². The fourth-order valence-electron chi connectivity index (χ4n) is 5.00. The van der Waals surface area contributed by atoms with Gasteiger partial charge in [-0.05, 0) is 64.9 Å². The van der Waals surface area contributed by atoms with Crippen LogP contribution < -0.4 is 14.5 Å². The zero-order valence-corrected chi connectivity index (χ0v) is 22.5. The highest BCUT2D eigenvalue weighted by atomic mass is 32.2. The van der Waals surface area contributed by atoms with Crippen LogP contribution in [0.25, 0.3) is 10.8 Å². The Hall–Kier alpha value is -3.46. The molecule has 1 saturated heterocycles. The number of nitrogens with one attached hydrogen (secondary N) is 1. The summed E-state index contributed by atoms with van der Waals surface area (Å²) in [5.74, 6) is -0.243. The van der Waals surface area contributed by atoms with Gasteiger partial charge < -0.3 is 9.80 Å². The van der Waals surface area contributed by atoms with Gasteiger partial charge in [-0.25, -0.2) is 17.5 Å². The summed E-state index contributed by atoms with van der Waals surface area (Å²) in [5, 5.41) is 1.90. The number of anilines is 2. The van der Waals surface area contributed by atoms with E-state index in [1.807, 2.05) is 49.3 Å². The van der Waals surface area contributed by atoms with Gasteiger partial charge in [-0.15, -0.1) is 0 Å². The van der Waals surface area contributed by atoms with Crippen molar-refractivity contribution in [3.63, 3.8) is 0 Å². The Balaban J connectivity index is 1.35. The molecule has 1 unspecified atom stereocenters. The van der Waals surface area contributed by atoms with Gasteiger partial charge in [0.1, 0.15) is 5.82 Å². The average Bonchev–Trinajstić information content (AvgIpc) is 2.94. The van der Waals surface area contributed by atoms with Gasteiger partial charge in [0, 0.05) is 64.2 Å². The summed E-state index contributed by atoms with van der Waals surface area (Å²) in [7, 11) is 0.294. The van der Waals surface area contributed by atoms with Gasteiger partial charge in [0.25, 0.3) is 0 Å². The van der Waals surface area contributed by atoms with Crippen LogP contribution in [0.1, 0.15) is 11.6 Å². The van der Waals surface area contributed by atoms with Gasteiger partial charge in [-0.2, -0.15) is 0 Å². The van der Waals surface area contributed by atoms with E-state index in [1.165, 1.54) is 12.1 Å². The van der Waals surface area contributed by atoms with Gasteiger partial charge in [0.05, 0.1) is 4.90 Å². The van der Waals surface area contributed by atoms with Gasteiger partial charge in [0.2, 0.25) is 10.0 Å². The lowest BCUT2D eigenvalue weighted by molar-refractivity contribution is 0.187. The molecule has 0 aliphatic carbocycles. The van der Waals surface area contributed by atoms with Crippen molar-refractivity contribution in [1.29, 1.82) is 0 Å². The molecule has 1 atom stereocenters. The second kappa shape index (κ2) is 11.1. The molecule has 0 aromatic heterocycles. The van der Waals surface area contributed by atoms with Crippen LogP contribution in [-0.2, 0) is 10.0 Å². The highest BCUT2D eigenvalue weighted by Crippen LogP contribution is 2.27. The van der Waals surface area contributed by atoms with Crippen molar-refractivity contribution >= 4 is 32.2 Å². The van der Waals surface area contributed by atoms with E-state index in [9.17, 15) is 12.8 Å². The molecule has 0 bridgehead atoms. The van der Waals surface area contributed by atoms with Crippen LogP contribution in [0.2, 0.25) is 0 Å². The normalized spacial score (nSPS) is 15.5. The number of hydrogen-bond donors (Lipinski definition) is 1. The van der Waals surface area contributed by atoms with Gasteiger partial charge in [-0.3, -0.25) is 4.90 Å². The van der Waals surface area contributed by atoms with Crippen LogP contribution in [0.4, 0.5) is 15.8 Å². The molecular formula is C30H33FN4O2S. The van der Waals surface area contributed by atoms with Crippen LogP contribution >= 0.6 is 0 Å². The van der Waals surface area contributed by atoms with Crippen molar-refractivity contribution in [2.75, 3.05) is 56.6 Å². The lowest BCUT2D eigenvalue weighted by Gasteiger charge is -2.40. The maximum Gasteiger partial charge on any atom is 0.240 e. The van der Waals surface area contributed by atoms with Crippen molar-refractivity contribution in [2.45, 2.75) is 10.9 Å². The zero-order chi connectivity index (χ0) is 26.7. The van der Waals surface area contributed by atoms with E-state index in [-0.39, 0.29) is 23.3 Å². The molecule has 1 heterocycles. The van der Waals surface area contributed by atoms with Crippen molar-refractivity contribution in [3.05, 3.63) is 102 Å². The molecule has 6 nitrogen and oxygen atoms in total. The van der Waals surface area contributed by atoms with Gasteiger partial charge in [-0.1, -0.05) is 42.5 Å². The lowest BCUT2D eigenvalue weighted by atomic mass is 10.0. The average molecular weight is 533 g/mol. The molecule has 4 aromatic rings. The summed E-state index contributed by atoms with van der Waals surface area (Å²) in [4.78, 5) is 6.87. The first-order valence-corrected chi connectivity index (χ1v) is 14.3. The number of nitrogens with zero attached hydrogens (tertiary/aromatic N) is 3. The molecule has 5 rings (SSSR count). The summed E-state index contributed by atoms with van der Waals surface area (Å²) in [6.45, 7) is 3.32. The molecule has 1 aliphatic heterocycles. The van der Waals surface area contributed by atoms with E-state index in [4.69, 9.17) is 0 Å². The molecule has 0 spiro atoms. The third-order valence-electron chi connectivity index (χ3n) is 7.24. The molecule has 198 valence electrons. The molecule has 4 aromatic carbocycles. The maximum atomic E-state index is 13.4. The highest BCUT2D eigenvalue weighted by molar-refractivity contribution is 7.89. The number of fused-ring (bicyclic) bond motifs is 1.